The van der Waals surface area contributed by atoms with Crippen molar-refractivity contribution in [3.8, 4) is 0 Å². The van der Waals surface area contributed by atoms with Crippen molar-refractivity contribution in [2.24, 2.45) is 0 Å². The maximum absolute atomic E-state index is 8.69. The molecule has 0 atom stereocenters. The van der Waals surface area contributed by atoms with Crippen molar-refractivity contribution < 1.29 is 5.11 Å². The molecule has 0 spiro atoms. The second-order valence-electron chi connectivity index (χ2n) is 4.71. The van der Waals surface area contributed by atoms with Crippen molar-refractivity contribution in [3.05, 3.63) is 42.1 Å². The van der Waals surface area contributed by atoms with Crippen LogP contribution in [0, 0.1) is 0 Å². The molecule has 0 bridgehead atoms. The van der Waals surface area contributed by atoms with Crippen LogP contribution in [0.3, 0.4) is 0 Å². The highest BCUT2D eigenvalue weighted by Crippen LogP contribution is 2.06. The molecule has 0 heterocycles. The fraction of sp³-hybridized carbons (Fsp3) is 0.429. The van der Waals surface area contributed by atoms with Crippen LogP contribution < -0.4 is 5.19 Å². The molecule has 1 nitrogen and oxygen atoms in total. The fourth-order valence-electron chi connectivity index (χ4n) is 1.72. The summed E-state index contributed by atoms with van der Waals surface area (Å²) in [4.78, 5) is 0. The van der Waals surface area contributed by atoms with Gasteiger partial charge in [-0.25, -0.2) is 0 Å². The number of allylic oxidation sites excluding steroid dienone is 1. The molecular formula is C14H22OSi. The first kappa shape index (κ1) is 13.2. The Morgan fingerprint density at radius 3 is 2.44 bits per heavy atom. The van der Waals surface area contributed by atoms with E-state index in [0.29, 0.717) is 6.61 Å². The number of hydrogen-bond donors (Lipinski definition) is 1. The first-order chi connectivity index (χ1) is 7.67. The average Bonchev–Trinajstić information content (AvgIpc) is 2.30. The summed E-state index contributed by atoms with van der Waals surface area (Å²) in [6.07, 6.45) is 5.38. The highest BCUT2D eigenvalue weighted by atomic mass is 28.3. The van der Waals surface area contributed by atoms with E-state index in [1.165, 1.54) is 5.19 Å². The van der Waals surface area contributed by atoms with Gasteiger partial charge in [-0.1, -0.05) is 60.4 Å². The number of unbranched alkanes of at least 4 members (excludes halogenated alkanes) is 2. The van der Waals surface area contributed by atoms with Crippen molar-refractivity contribution in [2.75, 3.05) is 6.61 Å². The lowest BCUT2D eigenvalue weighted by Gasteiger charge is -2.18. The largest absolute Gasteiger partial charge is 0.396 e. The van der Waals surface area contributed by atoms with Crippen LogP contribution in [0.25, 0.3) is 0 Å². The van der Waals surface area contributed by atoms with E-state index in [4.69, 9.17) is 5.11 Å². The Morgan fingerprint density at radius 1 is 1.12 bits per heavy atom. The van der Waals surface area contributed by atoms with Gasteiger partial charge in [0.05, 0.1) is 0 Å². The molecule has 0 aromatic heterocycles. The quantitative estimate of drug-likeness (QED) is 0.593. The van der Waals surface area contributed by atoms with Gasteiger partial charge in [-0.2, -0.15) is 0 Å². The first-order valence-electron chi connectivity index (χ1n) is 6.01. The summed E-state index contributed by atoms with van der Waals surface area (Å²) in [6, 6.07) is 10.8. The van der Waals surface area contributed by atoms with Gasteiger partial charge >= 0.3 is 0 Å². The minimum atomic E-state index is -1.38. The summed E-state index contributed by atoms with van der Waals surface area (Å²) >= 11 is 0. The standard InChI is InChI=1S/C14H22OSi/c1-16(2,13-9-4-3-8-12-15)14-10-6-5-7-11-14/h5-7,9-11,13,15H,3-4,8,12H2,1-2H3/b13-9+. The Balaban J connectivity index is 2.51. The van der Waals surface area contributed by atoms with Crippen molar-refractivity contribution in [2.45, 2.75) is 32.4 Å². The maximum atomic E-state index is 8.69. The summed E-state index contributed by atoms with van der Waals surface area (Å²) in [7, 11) is -1.38. The summed E-state index contributed by atoms with van der Waals surface area (Å²) in [6.45, 7) is 5.04. The molecule has 16 heavy (non-hydrogen) atoms. The lowest BCUT2D eigenvalue weighted by atomic mass is 10.2. The molecule has 1 aromatic carbocycles. The molecule has 0 aliphatic carbocycles. The predicted octanol–water partition coefficient (Wildman–Crippen LogP) is 2.86. The summed E-state index contributed by atoms with van der Waals surface area (Å²) < 4.78 is 0. The van der Waals surface area contributed by atoms with Crippen molar-refractivity contribution in [1.29, 1.82) is 0 Å². The Labute approximate surface area is 99.8 Å². The minimum absolute atomic E-state index is 0.313. The SMILES string of the molecule is C[Si](C)(/C=C/CCCCO)c1ccccc1. The van der Waals surface area contributed by atoms with E-state index < -0.39 is 8.07 Å². The number of rotatable bonds is 6. The zero-order chi connectivity index (χ0) is 11.9. The van der Waals surface area contributed by atoms with Crippen LogP contribution in [-0.2, 0) is 0 Å². The molecule has 0 aliphatic heterocycles. The topological polar surface area (TPSA) is 20.2 Å². The Kier molecular flexibility index (Phi) is 5.50. The lowest BCUT2D eigenvalue weighted by Crippen LogP contribution is -2.39. The van der Waals surface area contributed by atoms with E-state index in [-0.39, 0.29) is 0 Å². The molecule has 0 unspecified atom stereocenters. The van der Waals surface area contributed by atoms with Gasteiger partial charge in [0.15, 0.2) is 0 Å². The molecule has 0 radical (unpaired) electrons. The molecule has 1 aromatic rings. The maximum Gasteiger partial charge on any atom is 0.103 e. The van der Waals surface area contributed by atoms with Crippen molar-refractivity contribution >= 4 is 13.3 Å². The zero-order valence-electron chi connectivity index (χ0n) is 10.3. The molecule has 0 amide bonds. The van der Waals surface area contributed by atoms with Crippen LogP contribution in [-0.4, -0.2) is 19.8 Å². The van der Waals surface area contributed by atoms with Gasteiger partial charge in [0.2, 0.25) is 0 Å². The average molecular weight is 234 g/mol. The molecule has 0 fully saturated rings. The second kappa shape index (κ2) is 6.66. The van der Waals surface area contributed by atoms with Crippen LogP contribution >= 0.6 is 0 Å². The van der Waals surface area contributed by atoms with Gasteiger partial charge in [-0.3, -0.25) is 0 Å². The number of benzene rings is 1. The van der Waals surface area contributed by atoms with Crippen molar-refractivity contribution in [3.63, 3.8) is 0 Å². The molecule has 1 N–H and O–H groups in total. The number of aliphatic hydroxyl groups is 1. The van der Waals surface area contributed by atoms with E-state index in [2.05, 4.69) is 55.2 Å². The highest BCUT2D eigenvalue weighted by molar-refractivity contribution is 6.93. The van der Waals surface area contributed by atoms with Crippen LogP contribution in [0.15, 0.2) is 42.1 Å². The van der Waals surface area contributed by atoms with Gasteiger partial charge in [0.1, 0.15) is 8.07 Å². The van der Waals surface area contributed by atoms with E-state index >= 15 is 0 Å². The third-order valence-electron chi connectivity index (χ3n) is 2.83. The molecule has 0 saturated carbocycles. The summed E-state index contributed by atoms with van der Waals surface area (Å²) in [5.41, 5.74) is 2.40. The lowest BCUT2D eigenvalue weighted by molar-refractivity contribution is 0.285. The van der Waals surface area contributed by atoms with Gasteiger partial charge in [0.25, 0.3) is 0 Å². The van der Waals surface area contributed by atoms with E-state index in [0.717, 1.165) is 19.3 Å². The van der Waals surface area contributed by atoms with E-state index in [1.54, 1.807) is 0 Å². The molecule has 0 aliphatic rings. The third-order valence-corrected chi connectivity index (χ3v) is 5.72. The molecular weight excluding hydrogens is 212 g/mol. The predicted molar refractivity (Wildman–Crippen MR) is 73.6 cm³/mol. The van der Waals surface area contributed by atoms with Crippen LogP contribution in [0.4, 0.5) is 0 Å². The van der Waals surface area contributed by atoms with Gasteiger partial charge in [-0.15, -0.1) is 0 Å². The van der Waals surface area contributed by atoms with Crippen molar-refractivity contribution in [1.82, 2.24) is 0 Å². The Bertz CT molecular complexity index is 317. The second-order valence-corrected chi connectivity index (χ2v) is 9.06. The molecule has 0 saturated heterocycles. The van der Waals surface area contributed by atoms with Gasteiger partial charge < -0.3 is 5.11 Å². The normalized spacial score (nSPS) is 12.2. The van der Waals surface area contributed by atoms with Crippen LogP contribution in [0.5, 0.6) is 0 Å². The molecule has 1 rings (SSSR count). The highest BCUT2D eigenvalue weighted by Gasteiger charge is 2.18. The Hall–Kier alpha value is -0.863. The third kappa shape index (κ3) is 4.33. The Morgan fingerprint density at radius 2 is 1.81 bits per heavy atom. The monoisotopic (exact) mass is 234 g/mol. The van der Waals surface area contributed by atoms with E-state index in [9.17, 15) is 0 Å². The van der Waals surface area contributed by atoms with Crippen LogP contribution in [0.2, 0.25) is 13.1 Å². The minimum Gasteiger partial charge on any atom is -0.396 e. The summed E-state index contributed by atoms with van der Waals surface area (Å²) in [5, 5.41) is 10.2. The smallest absolute Gasteiger partial charge is 0.103 e. The van der Waals surface area contributed by atoms with Gasteiger partial charge in [0, 0.05) is 6.61 Å². The number of hydrogen-bond acceptors (Lipinski definition) is 1. The molecule has 88 valence electrons. The fourth-order valence-corrected chi connectivity index (χ4v) is 3.72. The van der Waals surface area contributed by atoms with E-state index in [1.807, 2.05) is 0 Å². The summed E-state index contributed by atoms with van der Waals surface area (Å²) in [5.74, 6) is 0. The van der Waals surface area contributed by atoms with Gasteiger partial charge in [-0.05, 0) is 19.3 Å². The van der Waals surface area contributed by atoms with Crippen LogP contribution in [0.1, 0.15) is 19.3 Å². The molecule has 2 heteroatoms. The first-order valence-corrected chi connectivity index (χ1v) is 9.08. The number of aliphatic hydroxyl groups excluding tert-OH is 1. The zero-order valence-corrected chi connectivity index (χ0v) is 11.3.